The molecule has 0 bridgehead atoms. The zero-order valence-electron chi connectivity index (χ0n) is 11.6. The van der Waals surface area contributed by atoms with Gasteiger partial charge in [-0.1, -0.05) is 39.7 Å². The van der Waals surface area contributed by atoms with Gasteiger partial charge >= 0.3 is 0 Å². The highest BCUT2D eigenvalue weighted by Gasteiger charge is 2.06. The SMILES string of the molecule is CNCc1ccc(N(C)c2ccc(C)cc2)cc1Br. The Hall–Kier alpha value is -1.32. The second-order valence-corrected chi connectivity index (χ2v) is 5.55. The van der Waals surface area contributed by atoms with E-state index in [0.717, 1.165) is 11.0 Å². The van der Waals surface area contributed by atoms with Crippen LogP contribution >= 0.6 is 15.9 Å². The summed E-state index contributed by atoms with van der Waals surface area (Å²) >= 11 is 3.63. The number of nitrogens with one attached hydrogen (secondary N) is 1. The van der Waals surface area contributed by atoms with Crippen molar-refractivity contribution in [3.8, 4) is 0 Å². The molecule has 0 radical (unpaired) electrons. The predicted molar refractivity (Wildman–Crippen MR) is 86.1 cm³/mol. The highest BCUT2D eigenvalue weighted by Crippen LogP contribution is 2.28. The minimum absolute atomic E-state index is 0.870. The van der Waals surface area contributed by atoms with Gasteiger partial charge in [0.15, 0.2) is 0 Å². The summed E-state index contributed by atoms with van der Waals surface area (Å²) in [5, 5.41) is 3.17. The normalized spacial score (nSPS) is 10.5. The monoisotopic (exact) mass is 318 g/mol. The zero-order chi connectivity index (χ0) is 13.8. The molecule has 1 N–H and O–H groups in total. The molecule has 0 fully saturated rings. The molecule has 0 aliphatic rings. The van der Waals surface area contributed by atoms with Crippen LogP contribution in [0.15, 0.2) is 46.9 Å². The van der Waals surface area contributed by atoms with Crippen molar-refractivity contribution in [2.24, 2.45) is 0 Å². The molecular weight excluding hydrogens is 300 g/mol. The highest BCUT2D eigenvalue weighted by atomic mass is 79.9. The van der Waals surface area contributed by atoms with E-state index in [2.05, 4.69) is 82.6 Å². The maximum atomic E-state index is 3.63. The van der Waals surface area contributed by atoms with Crippen molar-refractivity contribution < 1.29 is 0 Å². The van der Waals surface area contributed by atoms with Gasteiger partial charge in [-0.05, 0) is 43.8 Å². The lowest BCUT2D eigenvalue weighted by atomic mass is 10.1. The van der Waals surface area contributed by atoms with E-state index < -0.39 is 0 Å². The molecule has 0 saturated heterocycles. The van der Waals surface area contributed by atoms with Gasteiger partial charge in [-0.3, -0.25) is 0 Å². The molecule has 0 unspecified atom stereocenters. The minimum Gasteiger partial charge on any atom is -0.345 e. The molecule has 0 aromatic heterocycles. The smallest absolute Gasteiger partial charge is 0.0419 e. The topological polar surface area (TPSA) is 15.3 Å². The van der Waals surface area contributed by atoms with Crippen molar-refractivity contribution in [1.82, 2.24) is 5.32 Å². The van der Waals surface area contributed by atoms with Crippen LogP contribution < -0.4 is 10.2 Å². The number of benzene rings is 2. The Morgan fingerprint density at radius 1 is 1.05 bits per heavy atom. The standard InChI is InChI=1S/C16H19BrN2/c1-12-4-7-14(8-5-12)19(3)15-9-6-13(11-18-2)16(17)10-15/h4-10,18H,11H2,1-3H3. The number of hydrogen-bond donors (Lipinski definition) is 1. The Bertz CT molecular complexity index is 549. The summed E-state index contributed by atoms with van der Waals surface area (Å²) in [7, 11) is 4.04. The lowest BCUT2D eigenvalue weighted by Crippen LogP contribution is -2.10. The van der Waals surface area contributed by atoms with Crippen LogP contribution in [-0.2, 0) is 6.54 Å². The van der Waals surface area contributed by atoms with Gasteiger partial charge in [-0.15, -0.1) is 0 Å². The fourth-order valence-electron chi connectivity index (χ4n) is 2.00. The van der Waals surface area contributed by atoms with Crippen LogP contribution in [0.5, 0.6) is 0 Å². The first-order chi connectivity index (χ1) is 9.11. The van der Waals surface area contributed by atoms with Gasteiger partial charge in [-0.25, -0.2) is 0 Å². The summed E-state index contributed by atoms with van der Waals surface area (Å²) in [5.41, 5.74) is 4.92. The molecule has 0 spiro atoms. The van der Waals surface area contributed by atoms with Crippen molar-refractivity contribution >= 4 is 27.3 Å². The van der Waals surface area contributed by atoms with Crippen molar-refractivity contribution in [2.45, 2.75) is 13.5 Å². The predicted octanol–water partition coefficient (Wildman–Crippen LogP) is 4.24. The Balaban J connectivity index is 2.26. The van der Waals surface area contributed by atoms with Gasteiger partial charge in [0.2, 0.25) is 0 Å². The summed E-state index contributed by atoms with van der Waals surface area (Å²) < 4.78 is 1.14. The van der Waals surface area contributed by atoms with Crippen LogP contribution in [0.1, 0.15) is 11.1 Å². The maximum Gasteiger partial charge on any atom is 0.0419 e. The van der Waals surface area contributed by atoms with Gasteiger partial charge in [0.1, 0.15) is 0 Å². The number of anilines is 2. The van der Waals surface area contributed by atoms with E-state index in [1.54, 1.807) is 0 Å². The van der Waals surface area contributed by atoms with Crippen molar-refractivity contribution in [3.05, 3.63) is 58.1 Å². The molecule has 0 amide bonds. The Labute approximate surface area is 123 Å². The van der Waals surface area contributed by atoms with Crippen molar-refractivity contribution in [2.75, 3.05) is 19.0 Å². The number of halogens is 1. The molecule has 2 aromatic rings. The molecule has 2 aromatic carbocycles. The first kappa shape index (κ1) is 14.1. The van der Waals surface area contributed by atoms with Crippen molar-refractivity contribution in [3.63, 3.8) is 0 Å². The van der Waals surface area contributed by atoms with E-state index in [4.69, 9.17) is 0 Å². The molecule has 2 nitrogen and oxygen atoms in total. The fourth-order valence-corrected chi connectivity index (χ4v) is 2.50. The number of hydrogen-bond acceptors (Lipinski definition) is 2. The highest BCUT2D eigenvalue weighted by molar-refractivity contribution is 9.10. The molecule has 0 saturated carbocycles. The Morgan fingerprint density at radius 3 is 2.26 bits per heavy atom. The van der Waals surface area contributed by atoms with E-state index in [9.17, 15) is 0 Å². The molecule has 0 aliphatic heterocycles. The second-order valence-electron chi connectivity index (χ2n) is 4.70. The molecule has 0 atom stereocenters. The largest absolute Gasteiger partial charge is 0.345 e. The first-order valence-corrected chi connectivity index (χ1v) is 7.14. The Morgan fingerprint density at radius 2 is 1.68 bits per heavy atom. The average Bonchev–Trinajstić information content (AvgIpc) is 2.41. The van der Waals surface area contributed by atoms with E-state index in [0.29, 0.717) is 0 Å². The van der Waals surface area contributed by atoms with Crippen molar-refractivity contribution in [1.29, 1.82) is 0 Å². The van der Waals surface area contributed by atoms with E-state index in [-0.39, 0.29) is 0 Å². The van der Waals surface area contributed by atoms with Gasteiger partial charge < -0.3 is 10.2 Å². The lowest BCUT2D eigenvalue weighted by molar-refractivity contribution is 0.814. The fraction of sp³-hybridized carbons (Fsp3) is 0.250. The minimum atomic E-state index is 0.870. The lowest BCUT2D eigenvalue weighted by Gasteiger charge is -2.20. The van der Waals surface area contributed by atoms with Gasteiger partial charge in [0.25, 0.3) is 0 Å². The van der Waals surface area contributed by atoms with Crippen LogP contribution in [0.2, 0.25) is 0 Å². The summed E-state index contributed by atoms with van der Waals surface area (Å²) in [6.07, 6.45) is 0. The van der Waals surface area contributed by atoms with E-state index >= 15 is 0 Å². The number of rotatable bonds is 4. The van der Waals surface area contributed by atoms with Crippen LogP contribution in [0.25, 0.3) is 0 Å². The van der Waals surface area contributed by atoms with Crippen LogP contribution in [0, 0.1) is 6.92 Å². The van der Waals surface area contributed by atoms with Gasteiger partial charge in [-0.2, -0.15) is 0 Å². The molecular formula is C16H19BrN2. The number of nitrogens with zero attached hydrogens (tertiary/aromatic N) is 1. The third kappa shape index (κ3) is 3.37. The van der Waals surface area contributed by atoms with Crippen LogP contribution in [-0.4, -0.2) is 14.1 Å². The van der Waals surface area contributed by atoms with E-state index in [1.807, 2.05) is 7.05 Å². The average molecular weight is 319 g/mol. The summed E-state index contributed by atoms with van der Waals surface area (Å²) in [4.78, 5) is 2.19. The third-order valence-corrected chi connectivity index (χ3v) is 3.95. The summed E-state index contributed by atoms with van der Waals surface area (Å²) in [6.45, 7) is 2.97. The van der Waals surface area contributed by atoms with Gasteiger partial charge in [0, 0.05) is 29.4 Å². The second kappa shape index (κ2) is 6.22. The van der Waals surface area contributed by atoms with E-state index in [1.165, 1.54) is 22.5 Å². The molecule has 3 heteroatoms. The molecule has 19 heavy (non-hydrogen) atoms. The molecule has 0 aliphatic carbocycles. The zero-order valence-corrected chi connectivity index (χ0v) is 13.2. The van der Waals surface area contributed by atoms with Gasteiger partial charge in [0.05, 0.1) is 0 Å². The summed E-state index contributed by atoms with van der Waals surface area (Å²) in [5.74, 6) is 0. The summed E-state index contributed by atoms with van der Waals surface area (Å²) in [6, 6.07) is 15.0. The van der Waals surface area contributed by atoms with Crippen LogP contribution in [0.4, 0.5) is 11.4 Å². The third-order valence-electron chi connectivity index (χ3n) is 3.21. The molecule has 100 valence electrons. The first-order valence-electron chi connectivity index (χ1n) is 6.35. The Kier molecular flexibility index (Phi) is 4.61. The quantitative estimate of drug-likeness (QED) is 0.906. The molecule has 2 rings (SSSR count). The maximum absolute atomic E-state index is 3.63. The van der Waals surface area contributed by atoms with Crippen LogP contribution in [0.3, 0.4) is 0 Å². The number of aryl methyl sites for hydroxylation is 1. The molecule has 0 heterocycles.